The molecule has 8 heteroatoms. The van der Waals surface area contributed by atoms with E-state index in [0.29, 0.717) is 0 Å². The van der Waals surface area contributed by atoms with Crippen molar-refractivity contribution in [2.45, 2.75) is 18.5 Å². The first-order valence-corrected chi connectivity index (χ1v) is 3.93. The minimum Gasteiger partial charge on any atom is -0.389 e. The maximum atomic E-state index is 12.3. The van der Waals surface area contributed by atoms with Gasteiger partial charge in [-0.1, -0.05) is 0 Å². The van der Waals surface area contributed by atoms with Gasteiger partial charge in [0.25, 0.3) is 5.91 Å². The lowest BCUT2D eigenvalue weighted by Crippen LogP contribution is -2.47. The molecule has 0 aromatic rings. The maximum Gasteiger partial charge on any atom is 0.383 e. The number of carbonyl (C=O) groups excluding carboxylic acids is 1. The quantitative estimate of drug-likeness (QED) is 0.635. The van der Waals surface area contributed by atoms with Gasteiger partial charge in [0.1, 0.15) is 0 Å². The van der Waals surface area contributed by atoms with Gasteiger partial charge in [-0.25, -0.2) is 8.78 Å². The fourth-order valence-corrected chi connectivity index (χ4v) is 0.679. The minimum absolute atomic E-state index is 0.194. The van der Waals surface area contributed by atoms with Gasteiger partial charge < -0.3 is 15.2 Å². The number of halogens is 4. The van der Waals surface area contributed by atoms with E-state index in [0.717, 1.165) is 0 Å². The van der Waals surface area contributed by atoms with Crippen molar-refractivity contribution in [3.05, 3.63) is 0 Å². The van der Waals surface area contributed by atoms with Crippen LogP contribution in [0.2, 0.25) is 0 Å². The summed E-state index contributed by atoms with van der Waals surface area (Å²) in [6.07, 6.45) is -5.29. The first kappa shape index (κ1) is 14.1. The van der Waals surface area contributed by atoms with E-state index in [1.165, 1.54) is 12.4 Å². The predicted molar refractivity (Wildman–Crippen MR) is 41.8 cm³/mol. The molecule has 0 heterocycles. The van der Waals surface area contributed by atoms with Crippen molar-refractivity contribution < 1.29 is 32.2 Å². The lowest BCUT2D eigenvalue weighted by molar-refractivity contribution is -0.169. The molecule has 90 valence electrons. The molecule has 15 heavy (non-hydrogen) atoms. The Morgan fingerprint density at radius 2 is 2.07 bits per heavy atom. The van der Waals surface area contributed by atoms with E-state index < -0.39 is 30.9 Å². The number of hydrogen-bond acceptors (Lipinski definition) is 3. The third-order valence-corrected chi connectivity index (χ3v) is 1.43. The van der Waals surface area contributed by atoms with E-state index in [4.69, 9.17) is 5.11 Å². The topological polar surface area (TPSA) is 58.6 Å². The standard InChI is InChI=1S/C7H11F4NO3/c1-15-3-4(13)2-12-6(14)7(10,11)5(8)9/h4-5,13H,2-3H2,1H3,(H,12,14). The Labute approximate surface area is 83.2 Å². The molecule has 0 radical (unpaired) electrons. The number of aliphatic hydroxyl groups excluding tert-OH is 1. The van der Waals surface area contributed by atoms with Crippen LogP contribution >= 0.6 is 0 Å². The normalized spacial score (nSPS) is 14.1. The summed E-state index contributed by atoms with van der Waals surface area (Å²) >= 11 is 0. The number of rotatable bonds is 6. The van der Waals surface area contributed by atoms with Gasteiger partial charge in [0.15, 0.2) is 0 Å². The molecule has 1 amide bonds. The minimum atomic E-state index is -4.74. The molecule has 2 N–H and O–H groups in total. The summed E-state index contributed by atoms with van der Waals surface area (Å²) in [5.41, 5.74) is 0. The highest BCUT2D eigenvalue weighted by Crippen LogP contribution is 2.22. The molecule has 0 aliphatic rings. The number of hydrogen-bond donors (Lipinski definition) is 2. The molecule has 4 nitrogen and oxygen atoms in total. The summed E-state index contributed by atoms with van der Waals surface area (Å²) in [5.74, 6) is -6.86. The zero-order valence-electron chi connectivity index (χ0n) is 7.84. The number of carbonyl (C=O) groups is 1. The van der Waals surface area contributed by atoms with Crippen molar-refractivity contribution in [3.8, 4) is 0 Å². The molecule has 0 aromatic carbocycles. The molecular formula is C7H11F4NO3. The number of methoxy groups -OCH3 is 1. The molecule has 0 fully saturated rings. The first-order chi connectivity index (χ1) is 6.82. The SMILES string of the molecule is COCC(O)CNC(=O)C(F)(F)C(F)F. The Kier molecular flexibility index (Phi) is 5.51. The average molecular weight is 233 g/mol. The van der Waals surface area contributed by atoms with Crippen molar-refractivity contribution >= 4 is 5.91 Å². The van der Waals surface area contributed by atoms with Crippen LogP contribution in [0, 0.1) is 0 Å². The van der Waals surface area contributed by atoms with Crippen LogP contribution in [-0.2, 0) is 9.53 Å². The number of nitrogens with one attached hydrogen (secondary N) is 1. The van der Waals surface area contributed by atoms with Crippen LogP contribution in [0.4, 0.5) is 17.6 Å². The molecule has 0 aliphatic heterocycles. The molecule has 0 bridgehead atoms. The van der Waals surface area contributed by atoms with E-state index in [9.17, 15) is 22.4 Å². The van der Waals surface area contributed by atoms with Crippen molar-refractivity contribution in [1.82, 2.24) is 5.32 Å². The Morgan fingerprint density at radius 3 is 2.47 bits per heavy atom. The Hall–Kier alpha value is -0.890. The summed E-state index contributed by atoms with van der Waals surface area (Å²) in [5, 5.41) is 10.4. The number of ether oxygens (including phenoxy) is 1. The van der Waals surface area contributed by atoms with E-state index in [1.54, 1.807) is 0 Å². The lowest BCUT2D eigenvalue weighted by atomic mass is 10.3. The van der Waals surface area contributed by atoms with Crippen LogP contribution in [0.25, 0.3) is 0 Å². The van der Waals surface area contributed by atoms with Gasteiger partial charge in [0, 0.05) is 13.7 Å². The van der Waals surface area contributed by atoms with Crippen molar-refractivity contribution in [2.24, 2.45) is 0 Å². The van der Waals surface area contributed by atoms with Gasteiger partial charge >= 0.3 is 12.3 Å². The smallest absolute Gasteiger partial charge is 0.383 e. The second kappa shape index (κ2) is 5.86. The molecule has 0 aromatic heterocycles. The molecule has 1 unspecified atom stereocenters. The van der Waals surface area contributed by atoms with Crippen LogP contribution < -0.4 is 5.32 Å². The van der Waals surface area contributed by atoms with E-state index in [2.05, 4.69) is 4.74 Å². The van der Waals surface area contributed by atoms with Crippen molar-refractivity contribution in [1.29, 1.82) is 0 Å². The Morgan fingerprint density at radius 1 is 1.53 bits per heavy atom. The summed E-state index contributed by atoms with van der Waals surface area (Å²) in [4.78, 5) is 10.5. The molecular weight excluding hydrogens is 222 g/mol. The zero-order chi connectivity index (χ0) is 12.1. The highest BCUT2D eigenvalue weighted by molar-refractivity contribution is 5.83. The molecule has 0 spiro atoms. The summed E-state index contributed by atoms with van der Waals surface area (Å²) in [6, 6.07) is 0. The van der Waals surface area contributed by atoms with Gasteiger partial charge in [0.05, 0.1) is 12.7 Å². The van der Waals surface area contributed by atoms with Crippen molar-refractivity contribution in [3.63, 3.8) is 0 Å². The molecule has 0 rings (SSSR count). The van der Waals surface area contributed by atoms with E-state index in [-0.39, 0.29) is 6.61 Å². The highest BCUT2D eigenvalue weighted by atomic mass is 19.3. The zero-order valence-corrected chi connectivity index (χ0v) is 7.84. The third-order valence-electron chi connectivity index (χ3n) is 1.43. The molecule has 0 aliphatic carbocycles. The van der Waals surface area contributed by atoms with Crippen LogP contribution in [0.1, 0.15) is 0 Å². The number of aliphatic hydroxyl groups is 1. The predicted octanol–water partition coefficient (Wildman–Crippen LogP) is 0.0103. The van der Waals surface area contributed by atoms with Crippen LogP contribution in [0.3, 0.4) is 0 Å². The van der Waals surface area contributed by atoms with Crippen LogP contribution in [0.15, 0.2) is 0 Å². The fourth-order valence-electron chi connectivity index (χ4n) is 0.679. The van der Waals surface area contributed by atoms with Crippen molar-refractivity contribution in [2.75, 3.05) is 20.3 Å². The first-order valence-electron chi connectivity index (χ1n) is 3.93. The lowest BCUT2D eigenvalue weighted by Gasteiger charge is -2.16. The molecule has 1 atom stereocenters. The fraction of sp³-hybridized carbons (Fsp3) is 0.857. The largest absolute Gasteiger partial charge is 0.389 e. The summed E-state index contributed by atoms with van der Waals surface area (Å²) < 4.78 is 52.3. The van der Waals surface area contributed by atoms with Crippen LogP contribution in [-0.4, -0.2) is 49.7 Å². The van der Waals surface area contributed by atoms with Gasteiger partial charge in [-0.2, -0.15) is 8.78 Å². The van der Waals surface area contributed by atoms with Gasteiger partial charge in [-0.05, 0) is 0 Å². The molecule has 0 saturated heterocycles. The number of amides is 1. The maximum absolute atomic E-state index is 12.3. The van der Waals surface area contributed by atoms with Gasteiger partial charge in [-0.15, -0.1) is 0 Å². The van der Waals surface area contributed by atoms with E-state index >= 15 is 0 Å². The second-order valence-corrected chi connectivity index (χ2v) is 2.74. The summed E-state index contributed by atoms with van der Waals surface area (Å²) in [7, 11) is 1.25. The van der Waals surface area contributed by atoms with E-state index in [1.807, 2.05) is 0 Å². The highest BCUT2D eigenvalue weighted by Gasteiger charge is 2.48. The van der Waals surface area contributed by atoms with Gasteiger partial charge in [-0.3, -0.25) is 4.79 Å². The summed E-state index contributed by atoms with van der Waals surface area (Å²) in [6.45, 7) is -0.768. The van der Waals surface area contributed by atoms with Gasteiger partial charge in [0.2, 0.25) is 0 Å². The monoisotopic (exact) mass is 233 g/mol. The average Bonchev–Trinajstić information content (AvgIpc) is 2.14. The molecule has 0 saturated carbocycles. The third kappa shape index (κ3) is 4.43. The Balaban J connectivity index is 4.04. The Bertz CT molecular complexity index is 212. The second-order valence-electron chi connectivity index (χ2n) is 2.74. The number of alkyl halides is 4. The van der Waals surface area contributed by atoms with Crippen LogP contribution in [0.5, 0.6) is 0 Å².